The highest BCUT2D eigenvalue weighted by atomic mass is 15.1. The quantitative estimate of drug-likeness (QED) is 0.148. The maximum absolute atomic E-state index is 2.42. The maximum atomic E-state index is 2.42. The summed E-state index contributed by atoms with van der Waals surface area (Å²) in [4.78, 5) is 2.42. The standard InChI is InChI=1S/C61H45N/c1-61(2)58-31-12-10-27-56(58)57-30-16-29-55(60(57)61)45-35-39-49(40-36-45)62(48-37-33-44(34-38-48)52-25-9-8-24-50(52)42-17-4-3-5-18-42)59-32-13-11-26-54(59)47-22-14-21-46(41-47)53-28-15-20-43-19-6-7-23-51(43)53/h3-41H,1-2H3. The lowest BCUT2D eigenvalue weighted by Crippen LogP contribution is -2.16. The fraction of sp³-hybridized carbons (Fsp3) is 0.0492. The summed E-state index contributed by atoms with van der Waals surface area (Å²) < 4.78 is 0. The molecule has 0 spiro atoms. The normalized spacial score (nSPS) is 12.5. The lowest BCUT2D eigenvalue weighted by Gasteiger charge is -2.29. The van der Waals surface area contributed by atoms with E-state index in [-0.39, 0.29) is 5.41 Å². The van der Waals surface area contributed by atoms with Crippen molar-refractivity contribution in [2.75, 3.05) is 4.90 Å². The number of nitrogens with zero attached hydrogens (tertiary/aromatic N) is 1. The smallest absolute Gasteiger partial charge is 0.0540 e. The van der Waals surface area contributed by atoms with Crippen molar-refractivity contribution in [1.82, 2.24) is 0 Å². The summed E-state index contributed by atoms with van der Waals surface area (Å²) >= 11 is 0. The van der Waals surface area contributed by atoms with Crippen LogP contribution in [-0.4, -0.2) is 0 Å². The molecule has 0 unspecified atom stereocenters. The molecule has 11 rings (SSSR count). The molecule has 1 heteroatoms. The molecule has 0 bridgehead atoms. The molecule has 0 saturated heterocycles. The van der Waals surface area contributed by atoms with E-state index in [0.29, 0.717) is 0 Å². The molecule has 0 saturated carbocycles. The van der Waals surface area contributed by atoms with Gasteiger partial charge < -0.3 is 4.90 Å². The van der Waals surface area contributed by atoms with Gasteiger partial charge >= 0.3 is 0 Å². The van der Waals surface area contributed by atoms with Crippen molar-refractivity contribution in [3.63, 3.8) is 0 Å². The first-order valence-corrected chi connectivity index (χ1v) is 21.6. The first-order chi connectivity index (χ1) is 30.5. The highest BCUT2D eigenvalue weighted by Gasteiger charge is 2.37. The third-order valence-corrected chi connectivity index (χ3v) is 12.9. The largest absolute Gasteiger partial charge is 0.310 e. The van der Waals surface area contributed by atoms with Crippen molar-refractivity contribution in [1.29, 1.82) is 0 Å². The van der Waals surface area contributed by atoms with Crippen LogP contribution in [0.4, 0.5) is 17.1 Å². The van der Waals surface area contributed by atoms with E-state index in [4.69, 9.17) is 0 Å². The summed E-state index contributed by atoms with van der Waals surface area (Å²) in [5.74, 6) is 0. The van der Waals surface area contributed by atoms with Gasteiger partial charge in [0.15, 0.2) is 0 Å². The topological polar surface area (TPSA) is 3.24 Å². The Morgan fingerprint density at radius 1 is 0.306 bits per heavy atom. The van der Waals surface area contributed by atoms with Crippen LogP contribution in [0.2, 0.25) is 0 Å². The molecule has 10 aromatic carbocycles. The number of hydrogen-bond donors (Lipinski definition) is 0. The van der Waals surface area contributed by atoms with Crippen molar-refractivity contribution in [2.45, 2.75) is 19.3 Å². The first-order valence-electron chi connectivity index (χ1n) is 21.6. The molecule has 0 atom stereocenters. The molecular weight excluding hydrogens is 747 g/mol. The van der Waals surface area contributed by atoms with Gasteiger partial charge in [-0.15, -0.1) is 0 Å². The second-order valence-corrected chi connectivity index (χ2v) is 16.9. The van der Waals surface area contributed by atoms with Crippen molar-refractivity contribution in [3.8, 4) is 66.8 Å². The molecule has 1 aliphatic carbocycles. The van der Waals surface area contributed by atoms with E-state index in [1.807, 2.05) is 0 Å². The maximum Gasteiger partial charge on any atom is 0.0540 e. The predicted molar refractivity (Wildman–Crippen MR) is 263 cm³/mol. The van der Waals surface area contributed by atoms with Gasteiger partial charge in [-0.1, -0.05) is 214 Å². The summed E-state index contributed by atoms with van der Waals surface area (Å²) in [6.07, 6.45) is 0. The minimum Gasteiger partial charge on any atom is -0.310 e. The van der Waals surface area contributed by atoms with Gasteiger partial charge in [-0.05, 0) is 119 Å². The van der Waals surface area contributed by atoms with Gasteiger partial charge in [0.2, 0.25) is 0 Å². The van der Waals surface area contributed by atoms with E-state index >= 15 is 0 Å². The number of rotatable bonds is 8. The summed E-state index contributed by atoms with van der Waals surface area (Å²) in [5, 5.41) is 2.50. The fourth-order valence-electron chi connectivity index (χ4n) is 9.94. The van der Waals surface area contributed by atoms with Gasteiger partial charge in [0.05, 0.1) is 5.69 Å². The molecule has 0 N–H and O–H groups in total. The Hall–Kier alpha value is -7.74. The van der Waals surface area contributed by atoms with Crippen molar-refractivity contribution >= 4 is 27.8 Å². The highest BCUT2D eigenvalue weighted by molar-refractivity contribution is 5.98. The van der Waals surface area contributed by atoms with E-state index in [1.165, 1.54) is 83.1 Å². The minimum atomic E-state index is -0.104. The molecule has 0 aromatic heterocycles. The zero-order chi connectivity index (χ0) is 41.6. The number of anilines is 3. The number of para-hydroxylation sites is 1. The van der Waals surface area contributed by atoms with E-state index in [1.54, 1.807) is 0 Å². The number of benzene rings is 10. The SMILES string of the molecule is CC1(C)c2ccccc2-c2cccc(-c3ccc(N(c4ccc(-c5ccccc5-c5ccccc5)cc4)c4ccccc4-c4cccc(-c5cccc6ccccc56)c4)cc3)c21. The summed E-state index contributed by atoms with van der Waals surface area (Å²) in [7, 11) is 0. The lowest BCUT2D eigenvalue weighted by atomic mass is 9.79. The Kier molecular flexibility index (Phi) is 9.24. The van der Waals surface area contributed by atoms with Crippen LogP contribution in [-0.2, 0) is 5.41 Å². The Bertz CT molecular complexity index is 3240. The van der Waals surface area contributed by atoms with Crippen LogP contribution in [0.3, 0.4) is 0 Å². The first kappa shape index (κ1) is 37.3. The van der Waals surface area contributed by atoms with Crippen LogP contribution < -0.4 is 4.90 Å². The Labute approximate surface area is 364 Å². The third-order valence-electron chi connectivity index (χ3n) is 12.9. The summed E-state index contributed by atoms with van der Waals surface area (Å²) in [5.41, 5.74) is 20.8. The molecule has 1 aliphatic rings. The van der Waals surface area contributed by atoms with Gasteiger partial charge in [-0.2, -0.15) is 0 Å². The molecule has 1 nitrogen and oxygen atoms in total. The molecule has 10 aromatic rings. The second-order valence-electron chi connectivity index (χ2n) is 16.9. The van der Waals surface area contributed by atoms with Crippen LogP contribution >= 0.6 is 0 Å². The van der Waals surface area contributed by atoms with Crippen molar-refractivity contribution < 1.29 is 0 Å². The lowest BCUT2D eigenvalue weighted by molar-refractivity contribution is 0.662. The van der Waals surface area contributed by atoms with E-state index in [9.17, 15) is 0 Å². The average Bonchev–Trinajstić information content (AvgIpc) is 3.58. The zero-order valence-electron chi connectivity index (χ0n) is 35.0. The predicted octanol–water partition coefficient (Wildman–Crippen LogP) is 17.0. The summed E-state index contributed by atoms with van der Waals surface area (Å²) in [6, 6.07) is 86.5. The van der Waals surface area contributed by atoms with Crippen LogP contribution in [0, 0.1) is 0 Å². The molecule has 0 radical (unpaired) electrons. The van der Waals surface area contributed by atoms with Crippen molar-refractivity contribution in [2.24, 2.45) is 0 Å². The van der Waals surface area contributed by atoms with Crippen LogP contribution in [0.1, 0.15) is 25.0 Å². The molecule has 0 heterocycles. The average molecular weight is 792 g/mol. The molecule has 62 heavy (non-hydrogen) atoms. The molecular formula is C61H45N. The molecule has 0 amide bonds. The Balaban J connectivity index is 1.04. The van der Waals surface area contributed by atoms with E-state index < -0.39 is 0 Å². The van der Waals surface area contributed by atoms with E-state index in [2.05, 4.69) is 255 Å². The van der Waals surface area contributed by atoms with E-state index in [0.717, 1.165) is 22.6 Å². The molecule has 0 aliphatic heterocycles. The second kappa shape index (κ2) is 15.4. The van der Waals surface area contributed by atoms with Crippen molar-refractivity contribution in [3.05, 3.63) is 248 Å². The van der Waals surface area contributed by atoms with Gasteiger partial charge in [-0.3, -0.25) is 0 Å². The molecule has 294 valence electrons. The van der Waals surface area contributed by atoms with Gasteiger partial charge in [0, 0.05) is 22.4 Å². The van der Waals surface area contributed by atoms with Gasteiger partial charge in [-0.25, -0.2) is 0 Å². The van der Waals surface area contributed by atoms with Crippen LogP contribution in [0.5, 0.6) is 0 Å². The monoisotopic (exact) mass is 791 g/mol. The summed E-state index contributed by atoms with van der Waals surface area (Å²) in [6.45, 7) is 4.73. The highest BCUT2D eigenvalue weighted by Crippen LogP contribution is 2.52. The fourth-order valence-corrected chi connectivity index (χ4v) is 9.94. The Morgan fingerprint density at radius 2 is 0.758 bits per heavy atom. The Morgan fingerprint density at radius 3 is 1.48 bits per heavy atom. The molecule has 0 fully saturated rings. The van der Waals surface area contributed by atoms with Crippen LogP contribution in [0.15, 0.2) is 237 Å². The number of hydrogen-bond acceptors (Lipinski definition) is 1. The zero-order valence-corrected chi connectivity index (χ0v) is 35.0. The number of fused-ring (bicyclic) bond motifs is 4. The minimum absolute atomic E-state index is 0.104. The third kappa shape index (κ3) is 6.42. The van der Waals surface area contributed by atoms with Crippen LogP contribution in [0.25, 0.3) is 77.5 Å². The van der Waals surface area contributed by atoms with Gasteiger partial charge in [0.1, 0.15) is 0 Å². The van der Waals surface area contributed by atoms with Gasteiger partial charge in [0.25, 0.3) is 0 Å².